The topological polar surface area (TPSA) is 86.8 Å². The molecule has 0 saturated carbocycles. The van der Waals surface area contributed by atoms with E-state index in [-0.39, 0.29) is 18.9 Å². The van der Waals surface area contributed by atoms with Crippen LogP contribution >= 0.6 is 11.6 Å². The molecule has 38 heavy (non-hydrogen) atoms. The van der Waals surface area contributed by atoms with Crippen molar-refractivity contribution in [2.75, 3.05) is 23.7 Å². The molecular weight excluding hydrogens is 522 g/mol. The molecule has 0 fully saturated rings. The standard InChI is InChI=1S/C29H34ClN3O4S/c1-5-31-29(35)27(18-23-9-7-6-8-10-23)32(19-24-13-11-21(2)12-14-24)28(34)20-33(38(4,36)37)26-16-15-25(30)17-22(26)3/h6-17,27H,5,18-20H2,1-4H3,(H,31,35)/t27-/m1/s1. The lowest BCUT2D eigenvalue weighted by Gasteiger charge is -2.33. The molecule has 0 unspecified atom stereocenters. The molecular formula is C29H34ClN3O4S. The second kappa shape index (κ2) is 12.9. The Hall–Kier alpha value is -3.36. The van der Waals surface area contributed by atoms with Gasteiger partial charge in [0.15, 0.2) is 0 Å². The van der Waals surface area contributed by atoms with Crippen LogP contribution in [0, 0.1) is 13.8 Å². The van der Waals surface area contributed by atoms with Gasteiger partial charge < -0.3 is 10.2 Å². The van der Waals surface area contributed by atoms with Crippen molar-refractivity contribution in [3.63, 3.8) is 0 Å². The summed E-state index contributed by atoms with van der Waals surface area (Å²) < 4.78 is 26.8. The van der Waals surface area contributed by atoms with E-state index in [1.54, 1.807) is 25.1 Å². The number of carbonyl (C=O) groups excluding carboxylic acids is 2. The summed E-state index contributed by atoms with van der Waals surface area (Å²) in [6.45, 7) is 5.61. The van der Waals surface area contributed by atoms with Gasteiger partial charge in [0.25, 0.3) is 0 Å². The van der Waals surface area contributed by atoms with E-state index in [0.29, 0.717) is 22.8 Å². The van der Waals surface area contributed by atoms with Crippen LogP contribution < -0.4 is 9.62 Å². The fraction of sp³-hybridized carbons (Fsp3) is 0.310. The van der Waals surface area contributed by atoms with E-state index in [1.807, 2.05) is 68.4 Å². The molecule has 0 aliphatic carbocycles. The molecule has 0 aliphatic heterocycles. The Morgan fingerprint density at radius 3 is 2.18 bits per heavy atom. The lowest BCUT2D eigenvalue weighted by Crippen LogP contribution is -2.53. The van der Waals surface area contributed by atoms with Crippen molar-refractivity contribution >= 4 is 39.1 Å². The van der Waals surface area contributed by atoms with Crippen molar-refractivity contribution in [3.05, 3.63) is 100 Å². The zero-order valence-corrected chi connectivity index (χ0v) is 23.7. The quantitative estimate of drug-likeness (QED) is 0.377. The van der Waals surface area contributed by atoms with E-state index in [1.165, 1.54) is 4.90 Å². The summed E-state index contributed by atoms with van der Waals surface area (Å²) in [5.74, 6) is -0.789. The zero-order chi connectivity index (χ0) is 27.9. The number of hydrogen-bond acceptors (Lipinski definition) is 4. The van der Waals surface area contributed by atoms with Crippen molar-refractivity contribution in [2.24, 2.45) is 0 Å². The van der Waals surface area contributed by atoms with Crippen LogP contribution in [0.2, 0.25) is 5.02 Å². The molecule has 1 atom stereocenters. The molecule has 0 aliphatic rings. The summed E-state index contributed by atoms with van der Waals surface area (Å²) in [4.78, 5) is 28.8. The van der Waals surface area contributed by atoms with Crippen LogP contribution in [0.15, 0.2) is 72.8 Å². The number of anilines is 1. The van der Waals surface area contributed by atoms with E-state index in [2.05, 4.69) is 5.32 Å². The maximum absolute atomic E-state index is 14.0. The smallest absolute Gasteiger partial charge is 0.244 e. The van der Waals surface area contributed by atoms with Gasteiger partial charge >= 0.3 is 0 Å². The number of sulfonamides is 1. The minimum Gasteiger partial charge on any atom is -0.355 e. The Morgan fingerprint density at radius 2 is 1.61 bits per heavy atom. The fourth-order valence-corrected chi connectivity index (χ4v) is 5.36. The lowest BCUT2D eigenvalue weighted by molar-refractivity contribution is -0.140. The Morgan fingerprint density at radius 1 is 0.947 bits per heavy atom. The average Bonchev–Trinajstić information content (AvgIpc) is 2.86. The van der Waals surface area contributed by atoms with Crippen molar-refractivity contribution in [3.8, 4) is 0 Å². The molecule has 0 saturated heterocycles. The van der Waals surface area contributed by atoms with Gasteiger partial charge in [0.05, 0.1) is 11.9 Å². The van der Waals surface area contributed by atoms with Crippen molar-refractivity contribution in [1.82, 2.24) is 10.2 Å². The number of likely N-dealkylation sites (N-methyl/N-ethyl adjacent to an activating group) is 1. The fourth-order valence-electron chi connectivity index (χ4n) is 4.23. The number of rotatable bonds is 11. The molecule has 7 nitrogen and oxygen atoms in total. The first-order chi connectivity index (χ1) is 18.0. The molecule has 0 spiro atoms. The summed E-state index contributed by atoms with van der Waals surface area (Å²) in [6, 6.07) is 21.1. The van der Waals surface area contributed by atoms with Gasteiger partial charge in [-0.05, 0) is 55.7 Å². The van der Waals surface area contributed by atoms with Gasteiger partial charge in [-0.25, -0.2) is 8.42 Å². The molecule has 0 heterocycles. The first-order valence-electron chi connectivity index (χ1n) is 12.4. The highest BCUT2D eigenvalue weighted by atomic mass is 35.5. The Labute approximate surface area is 230 Å². The molecule has 0 radical (unpaired) electrons. The Bertz CT molecular complexity index is 1360. The minimum absolute atomic E-state index is 0.144. The average molecular weight is 556 g/mol. The number of hydrogen-bond donors (Lipinski definition) is 1. The molecule has 0 aromatic heterocycles. The van der Waals surface area contributed by atoms with E-state index in [4.69, 9.17) is 11.6 Å². The first kappa shape index (κ1) is 29.2. The molecule has 1 N–H and O–H groups in total. The third kappa shape index (κ3) is 7.82. The maximum atomic E-state index is 14.0. The van der Waals surface area contributed by atoms with Crippen LogP contribution in [0.1, 0.15) is 29.2 Å². The molecule has 3 rings (SSSR count). The van der Waals surface area contributed by atoms with Crippen LogP contribution in [0.4, 0.5) is 5.69 Å². The van der Waals surface area contributed by atoms with Crippen LogP contribution in [-0.4, -0.2) is 50.5 Å². The number of nitrogens with one attached hydrogen (secondary N) is 1. The number of aryl methyl sites for hydroxylation is 2. The van der Waals surface area contributed by atoms with Gasteiger partial charge in [-0.1, -0.05) is 71.8 Å². The van der Waals surface area contributed by atoms with Gasteiger partial charge in [-0.2, -0.15) is 0 Å². The number of halogens is 1. The van der Waals surface area contributed by atoms with Crippen molar-refractivity contribution < 1.29 is 18.0 Å². The molecule has 9 heteroatoms. The summed E-state index contributed by atoms with van der Waals surface area (Å²) in [7, 11) is -3.83. The largest absolute Gasteiger partial charge is 0.355 e. The predicted octanol–water partition coefficient (Wildman–Crippen LogP) is 4.50. The SMILES string of the molecule is CCNC(=O)[C@@H](Cc1ccccc1)N(Cc1ccc(C)cc1)C(=O)CN(c1ccc(Cl)cc1C)S(C)(=O)=O. The monoisotopic (exact) mass is 555 g/mol. The summed E-state index contributed by atoms with van der Waals surface area (Å²) in [5.41, 5.74) is 3.76. The van der Waals surface area contributed by atoms with E-state index in [9.17, 15) is 18.0 Å². The number of amides is 2. The number of nitrogens with zero attached hydrogens (tertiary/aromatic N) is 2. The molecule has 0 bridgehead atoms. The highest BCUT2D eigenvalue weighted by molar-refractivity contribution is 7.92. The van der Waals surface area contributed by atoms with Gasteiger partial charge in [-0.3, -0.25) is 13.9 Å². The molecule has 3 aromatic rings. The van der Waals surface area contributed by atoms with Crippen LogP contribution in [0.25, 0.3) is 0 Å². The van der Waals surface area contributed by atoms with Crippen LogP contribution in [0.3, 0.4) is 0 Å². The summed E-state index contributed by atoms with van der Waals surface area (Å²) in [5, 5.41) is 3.31. The Kier molecular flexibility index (Phi) is 9.94. The van der Waals surface area contributed by atoms with Gasteiger partial charge in [0, 0.05) is 24.5 Å². The maximum Gasteiger partial charge on any atom is 0.244 e. The highest BCUT2D eigenvalue weighted by Gasteiger charge is 2.33. The zero-order valence-electron chi connectivity index (χ0n) is 22.1. The minimum atomic E-state index is -3.83. The molecule has 202 valence electrons. The third-order valence-electron chi connectivity index (χ3n) is 6.20. The number of carbonyl (C=O) groups is 2. The van der Waals surface area contributed by atoms with E-state index in [0.717, 1.165) is 27.3 Å². The van der Waals surface area contributed by atoms with Crippen LogP contribution in [-0.2, 0) is 32.6 Å². The lowest BCUT2D eigenvalue weighted by atomic mass is 10.0. The van der Waals surface area contributed by atoms with Gasteiger partial charge in [-0.15, -0.1) is 0 Å². The van der Waals surface area contributed by atoms with Gasteiger partial charge in [0.1, 0.15) is 12.6 Å². The third-order valence-corrected chi connectivity index (χ3v) is 7.56. The van der Waals surface area contributed by atoms with Crippen LogP contribution in [0.5, 0.6) is 0 Å². The highest BCUT2D eigenvalue weighted by Crippen LogP contribution is 2.26. The van der Waals surface area contributed by atoms with E-state index >= 15 is 0 Å². The first-order valence-corrected chi connectivity index (χ1v) is 14.6. The molecule has 3 aromatic carbocycles. The second-order valence-electron chi connectivity index (χ2n) is 9.31. The predicted molar refractivity (Wildman–Crippen MR) is 153 cm³/mol. The van der Waals surface area contributed by atoms with Crippen molar-refractivity contribution in [1.29, 1.82) is 0 Å². The summed E-state index contributed by atoms with van der Waals surface area (Å²) in [6.07, 6.45) is 1.34. The second-order valence-corrected chi connectivity index (χ2v) is 11.7. The normalized spacial score (nSPS) is 12.0. The summed E-state index contributed by atoms with van der Waals surface area (Å²) >= 11 is 6.09. The Balaban J connectivity index is 2.05. The number of benzene rings is 3. The van der Waals surface area contributed by atoms with E-state index < -0.39 is 28.5 Å². The molecule has 2 amide bonds. The van der Waals surface area contributed by atoms with Crippen molar-refractivity contribution in [2.45, 2.75) is 39.8 Å². The van der Waals surface area contributed by atoms with Gasteiger partial charge in [0.2, 0.25) is 21.8 Å².